The molecule has 0 aromatic carbocycles. The monoisotopic (exact) mass is 237 g/mol. The fourth-order valence-corrected chi connectivity index (χ4v) is 1.94. The zero-order valence-electron chi connectivity index (χ0n) is 10.8. The third kappa shape index (κ3) is 1.87. The third-order valence-electron chi connectivity index (χ3n) is 3.79. The Morgan fingerprint density at radius 1 is 1.41 bits per heavy atom. The SMILES string of the molecule is CC(c1nnc(N(C)C)n(N)c1=O)C1(C)CC1. The number of rotatable bonds is 3. The predicted molar refractivity (Wildman–Crippen MR) is 66.5 cm³/mol. The van der Waals surface area contributed by atoms with Crippen LogP contribution in [-0.4, -0.2) is 29.0 Å². The maximum atomic E-state index is 12.1. The van der Waals surface area contributed by atoms with Crippen molar-refractivity contribution in [1.82, 2.24) is 14.9 Å². The van der Waals surface area contributed by atoms with Crippen molar-refractivity contribution >= 4 is 5.95 Å². The van der Waals surface area contributed by atoms with E-state index in [4.69, 9.17) is 5.84 Å². The molecule has 1 aliphatic rings. The lowest BCUT2D eigenvalue weighted by Gasteiger charge is -2.19. The van der Waals surface area contributed by atoms with Crippen LogP contribution in [0.25, 0.3) is 0 Å². The standard InChI is InChI=1S/C11H19N5O/c1-7(11(2)5-6-11)8-9(17)16(12)10(14-13-8)15(3)4/h7H,5-6,12H2,1-4H3. The minimum absolute atomic E-state index is 0.105. The van der Waals surface area contributed by atoms with Crippen molar-refractivity contribution in [2.24, 2.45) is 5.41 Å². The molecule has 0 amide bonds. The number of anilines is 1. The minimum Gasteiger partial charge on any atom is -0.346 e. The molecule has 0 bridgehead atoms. The number of nitrogens with zero attached hydrogens (tertiary/aromatic N) is 4. The highest BCUT2D eigenvalue weighted by molar-refractivity contribution is 5.27. The van der Waals surface area contributed by atoms with E-state index in [1.54, 1.807) is 19.0 Å². The molecule has 1 fully saturated rings. The smallest absolute Gasteiger partial charge is 0.295 e. The van der Waals surface area contributed by atoms with E-state index in [2.05, 4.69) is 17.1 Å². The quantitative estimate of drug-likeness (QED) is 0.766. The highest BCUT2D eigenvalue weighted by Crippen LogP contribution is 2.54. The molecule has 1 saturated carbocycles. The molecule has 6 heteroatoms. The van der Waals surface area contributed by atoms with Gasteiger partial charge in [-0.1, -0.05) is 13.8 Å². The van der Waals surface area contributed by atoms with E-state index in [1.807, 2.05) is 6.92 Å². The summed E-state index contributed by atoms with van der Waals surface area (Å²) in [6, 6.07) is 0. The summed E-state index contributed by atoms with van der Waals surface area (Å²) in [5, 5.41) is 8.08. The first-order valence-corrected chi connectivity index (χ1v) is 5.79. The number of nitrogen functional groups attached to an aromatic ring is 1. The van der Waals surface area contributed by atoms with Gasteiger partial charge in [-0.05, 0) is 18.3 Å². The van der Waals surface area contributed by atoms with E-state index >= 15 is 0 Å². The molecule has 2 rings (SSSR count). The van der Waals surface area contributed by atoms with Gasteiger partial charge >= 0.3 is 0 Å². The fraction of sp³-hybridized carbons (Fsp3) is 0.727. The van der Waals surface area contributed by atoms with Gasteiger partial charge in [-0.25, -0.2) is 0 Å². The van der Waals surface area contributed by atoms with Gasteiger partial charge in [-0.2, -0.15) is 4.68 Å². The molecule has 1 aliphatic carbocycles. The molecule has 1 atom stereocenters. The van der Waals surface area contributed by atoms with Crippen LogP contribution in [0.5, 0.6) is 0 Å². The second-order valence-corrected chi connectivity index (χ2v) is 5.33. The number of nitrogens with two attached hydrogens (primary N) is 1. The van der Waals surface area contributed by atoms with Crippen molar-refractivity contribution in [2.45, 2.75) is 32.6 Å². The van der Waals surface area contributed by atoms with E-state index in [1.165, 1.54) is 0 Å². The lowest BCUT2D eigenvalue weighted by molar-refractivity contribution is 0.448. The molecular formula is C11H19N5O. The Morgan fingerprint density at radius 2 is 2.00 bits per heavy atom. The summed E-state index contributed by atoms with van der Waals surface area (Å²) in [5.41, 5.74) is 0.419. The second-order valence-electron chi connectivity index (χ2n) is 5.33. The molecule has 94 valence electrons. The van der Waals surface area contributed by atoms with Crippen LogP contribution in [0.15, 0.2) is 4.79 Å². The van der Waals surface area contributed by atoms with Crippen LogP contribution in [-0.2, 0) is 0 Å². The summed E-state index contributed by atoms with van der Waals surface area (Å²) >= 11 is 0. The molecule has 0 aliphatic heterocycles. The first-order chi connectivity index (χ1) is 7.87. The van der Waals surface area contributed by atoms with Crippen molar-refractivity contribution in [3.05, 3.63) is 16.0 Å². The average Bonchev–Trinajstić information content (AvgIpc) is 3.00. The van der Waals surface area contributed by atoms with Gasteiger partial charge in [0.1, 0.15) is 5.69 Å². The summed E-state index contributed by atoms with van der Waals surface area (Å²) in [5.74, 6) is 6.22. The molecular weight excluding hydrogens is 218 g/mol. The van der Waals surface area contributed by atoms with Gasteiger partial charge in [0.2, 0.25) is 5.95 Å². The number of aromatic nitrogens is 3. The highest BCUT2D eigenvalue weighted by atomic mass is 16.1. The Morgan fingerprint density at radius 3 is 2.47 bits per heavy atom. The van der Waals surface area contributed by atoms with E-state index in [9.17, 15) is 4.79 Å². The lowest BCUT2D eigenvalue weighted by atomic mass is 9.90. The van der Waals surface area contributed by atoms with Gasteiger partial charge in [-0.3, -0.25) is 4.79 Å². The predicted octanol–water partition coefficient (Wildman–Crippen LogP) is 0.322. The molecule has 17 heavy (non-hydrogen) atoms. The van der Waals surface area contributed by atoms with E-state index in [-0.39, 0.29) is 16.9 Å². The van der Waals surface area contributed by atoms with Gasteiger partial charge < -0.3 is 10.7 Å². The average molecular weight is 237 g/mol. The number of hydrogen-bond acceptors (Lipinski definition) is 5. The summed E-state index contributed by atoms with van der Waals surface area (Å²) in [4.78, 5) is 13.8. The van der Waals surface area contributed by atoms with Crippen LogP contribution < -0.4 is 16.3 Å². The van der Waals surface area contributed by atoms with Crippen LogP contribution >= 0.6 is 0 Å². The molecule has 1 heterocycles. The molecule has 0 spiro atoms. The summed E-state index contributed by atoms with van der Waals surface area (Å²) in [6.07, 6.45) is 2.27. The van der Waals surface area contributed by atoms with Crippen LogP contribution in [0.2, 0.25) is 0 Å². The van der Waals surface area contributed by atoms with Crippen LogP contribution in [0, 0.1) is 5.41 Å². The van der Waals surface area contributed by atoms with Gasteiger partial charge in [0.05, 0.1) is 0 Å². The molecule has 1 unspecified atom stereocenters. The molecule has 6 nitrogen and oxygen atoms in total. The molecule has 0 radical (unpaired) electrons. The van der Waals surface area contributed by atoms with Crippen LogP contribution in [0.1, 0.15) is 38.3 Å². The van der Waals surface area contributed by atoms with Crippen molar-refractivity contribution < 1.29 is 0 Å². The van der Waals surface area contributed by atoms with Crippen molar-refractivity contribution in [2.75, 3.05) is 24.8 Å². The van der Waals surface area contributed by atoms with Crippen molar-refractivity contribution in [3.8, 4) is 0 Å². The van der Waals surface area contributed by atoms with Crippen LogP contribution in [0.3, 0.4) is 0 Å². The van der Waals surface area contributed by atoms with Crippen LogP contribution in [0.4, 0.5) is 5.95 Å². The summed E-state index contributed by atoms with van der Waals surface area (Å²) in [7, 11) is 3.55. The fourth-order valence-electron chi connectivity index (χ4n) is 1.94. The zero-order valence-corrected chi connectivity index (χ0v) is 10.8. The number of hydrogen-bond donors (Lipinski definition) is 1. The topological polar surface area (TPSA) is 77.0 Å². The van der Waals surface area contributed by atoms with Gasteiger partial charge in [-0.15, -0.1) is 10.2 Å². The normalized spacial score (nSPS) is 18.8. The molecule has 0 saturated heterocycles. The Bertz CT molecular complexity index is 489. The van der Waals surface area contributed by atoms with E-state index in [0.29, 0.717) is 11.6 Å². The summed E-state index contributed by atoms with van der Waals surface area (Å²) in [6.45, 7) is 4.19. The van der Waals surface area contributed by atoms with Gasteiger partial charge in [0.25, 0.3) is 5.56 Å². The second kappa shape index (κ2) is 3.72. The maximum Gasteiger partial charge on any atom is 0.295 e. The first-order valence-electron chi connectivity index (χ1n) is 5.79. The van der Waals surface area contributed by atoms with Gasteiger partial charge in [0.15, 0.2) is 0 Å². The van der Waals surface area contributed by atoms with E-state index in [0.717, 1.165) is 17.5 Å². The van der Waals surface area contributed by atoms with E-state index < -0.39 is 0 Å². The van der Waals surface area contributed by atoms with Crippen molar-refractivity contribution in [3.63, 3.8) is 0 Å². The zero-order chi connectivity index (χ0) is 12.8. The Kier molecular flexibility index (Phi) is 2.60. The first kappa shape index (κ1) is 11.9. The van der Waals surface area contributed by atoms with Gasteiger partial charge in [0, 0.05) is 20.0 Å². The van der Waals surface area contributed by atoms with Crippen molar-refractivity contribution in [1.29, 1.82) is 0 Å². The molecule has 2 N–H and O–H groups in total. The Balaban J connectivity index is 2.44. The minimum atomic E-state index is -0.246. The Hall–Kier alpha value is -1.59. The molecule has 1 aromatic heterocycles. The highest BCUT2D eigenvalue weighted by Gasteiger charge is 2.45. The molecule has 1 aromatic rings. The Labute approximate surface area is 100 Å². The third-order valence-corrected chi connectivity index (χ3v) is 3.79. The summed E-state index contributed by atoms with van der Waals surface area (Å²) < 4.78 is 1.07. The largest absolute Gasteiger partial charge is 0.346 e. The lowest BCUT2D eigenvalue weighted by Crippen LogP contribution is -2.38. The maximum absolute atomic E-state index is 12.1.